The number of hydrogen-bond acceptors (Lipinski definition) is 5. The van der Waals surface area contributed by atoms with Crippen molar-refractivity contribution < 1.29 is 0 Å². The molecule has 0 saturated carbocycles. The van der Waals surface area contributed by atoms with Gasteiger partial charge in [0.25, 0.3) is 5.56 Å². The van der Waals surface area contributed by atoms with Crippen LogP contribution in [0.5, 0.6) is 0 Å². The van der Waals surface area contributed by atoms with E-state index in [4.69, 9.17) is 4.98 Å². The quantitative estimate of drug-likeness (QED) is 0.595. The van der Waals surface area contributed by atoms with Crippen LogP contribution in [0.25, 0.3) is 21.6 Å². The lowest BCUT2D eigenvalue weighted by Gasteiger charge is -2.28. The number of pyridine rings is 1. The molecular weight excluding hydrogens is 356 g/mol. The highest BCUT2D eigenvalue weighted by Gasteiger charge is 2.22. The molecule has 0 atom stereocenters. The molecule has 5 nitrogen and oxygen atoms in total. The van der Waals surface area contributed by atoms with Crippen molar-refractivity contribution in [3.63, 3.8) is 0 Å². The fourth-order valence-electron chi connectivity index (χ4n) is 3.68. The highest BCUT2D eigenvalue weighted by molar-refractivity contribution is 7.13. The van der Waals surface area contributed by atoms with E-state index < -0.39 is 0 Å². The van der Waals surface area contributed by atoms with Crippen LogP contribution in [0.4, 0.5) is 0 Å². The van der Waals surface area contributed by atoms with Gasteiger partial charge in [0, 0.05) is 37.6 Å². The van der Waals surface area contributed by atoms with Crippen LogP contribution in [0.1, 0.15) is 16.8 Å². The minimum atomic E-state index is -0.0207. The van der Waals surface area contributed by atoms with Gasteiger partial charge in [-0.3, -0.25) is 14.7 Å². The molecule has 5 rings (SSSR count). The van der Waals surface area contributed by atoms with Gasteiger partial charge in [0.15, 0.2) is 5.82 Å². The summed E-state index contributed by atoms with van der Waals surface area (Å²) in [6.45, 7) is 2.32. The van der Waals surface area contributed by atoms with E-state index in [9.17, 15) is 4.79 Å². The van der Waals surface area contributed by atoms with E-state index in [1.54, 1.807) is 11.3 Å². The Morgan fingerprint density at radius 2 is 2.07 bits per heavy atom. The summed E-state index contributed by atoms with van der Waals surface area (Å²) in [4.78, 5) is 28.1. The Labute approximate surface area is 160 Å². The van der Waals surface area contributed by atoms with E-state index in [2.05, 4.69) is 27.0 Å². The first kappa shape index (κ1) is 16.4. The molecule has 1 N–H and O–H groups in total. The van der Waals surface area contributed by atoms with Crippen molar-refractivity contribution in [1.82, 2.24) is 19.9 Å². The molecule has 0 bridgehead atoms. The number of para-hydroxylation sites is 1. The molecule has 0 spiro atoms. The topological polar surface area (TPSA) is 61.9 Å². The largest absolute Gasteiger partial charge is 0.306 e. The minimum Gasteiger partial charge on any atom is -0.306 e. The summed E-state index contributed by atoms with van der Waals surface area (Å²) in [6.07, 6.45) is 2.65. The first-order chi connectivity index (χ1) is 13.3. The van der Waals surface area contributed by atoms with Gasteiger partial charge in [-0.05, 0) is 29.1 Å². The van der Waals surface area contributed by atoms with Crippen LogP contribution < -0.4 is 5.56 Å². The highest BCUT2D eigenvalue weighted by Crippen LogP contribution is 2.24. The number of aromatic amines is 1. The van der Waals surface area contributed by atoms with Crippen LogP contribution in [0.15, 0.2) is 58.8 Å². The van der Waals surface area contributed by atoms with Crippen LogP contribution in [-0.2, 0) is 19.5 Å². The van der Waals surface area contributed by atoms with Gasteiger partial charge in [-0.25, -0.2) is 4.98 Å². The zero-order chi connectivity index (χ0) is 18.2. The van der Waals surface area contributed by atoms with Crippen molar-refractivity contribution in [2.24, 2.45) is 0 Å². The van der Waals surface area contributed by atoms with Crippen molar-refractivity contribution in [1.29, 1.82) is 0 Å². The Morgan fingerprint density at radius 3 is 2.96 bits per heavy atom. The lowest BCUT2D eigenvalue weighted by molar-refractivity contribution is 0.242. The Bertz CT molecular complexity index is 1160. The maximum Gasteiger partial charge on any atom is 0.255 e. The lowest BCUT2D eigenvalue weighted by atomic mass is 10.0. The average molecular weight is 374 g/mol. The third kappa shape index (κ3) is 3.07. The van der Waals surface area contributed by atoms with Crippen LogP contribution in [-0.4, -0.2) is 26.4 Å². The van der Waals surface area contributed by atoms with E-state index in [1.807, 2.05) is 41.9 Å². The summed E-state index contributed by atoms with van der Waals surface area (Å²) in [5.41, 5.74) is 3.95. The standard InChI is InChI=1S/C21H18N4OS/c26-21-16-13-25(12-14-7-9-22-17-5-2-1-4-15(14)17)10-8-18(16)23-20(24-21)19-6-3-11-27-19/h1-7,9,11H,8,10,12-13H2,(H,23,24,26). The highest BCUT2D eigenvalue weighted by atomic mass is 32.1. The van der Waals surface area contributed by atoms with Gasteiger partial charge in [-0.2, -0.15) is 0 Å². The molecule has 27 heavy (non-hydrogen) atoms. The molecule has 1 aliphatic heterocycles. The first-order valence-electron chi connectivity index (χ1n) is 8.99. The van der Waals surface area contributed by atoms with Gasteiger partial charge in [0.2, 0.25) is 0 Å². The molecular formula is C21H18N4OS. The lowest BCUT2D eigenvalue weighted by Crippen LogP contribution is -2.35. The molecule has 6 heteroatoms. The average Bonchev–Trinajstić information content (AvgIpc) is 3.23. The second kappa shape index (κ2) is 6.72. The number of thiophene rings is 1. The SMILES string of the molecule is O=c1[nH]c(-c2cccs2)nc2c1CN(Cc1ccnc3ccccc13)CC2. The number of nitrogens with zero attached hydrogens (tertiary/aromatic N) is 3. The predicted molar refractivity (Wildman–Crippen MR) is 108 cm³/mol. The van der Waals surface area contributed by atoms with Gasteiger partial charge < -0.3 is 4.98 Å². The Hall–Kier alpha value is -2.83. The smallest absolute Gasteiger partial charge is 0.255 e. The molecule has 4 aromatic rings. The van der Waals surface area contributed by atoms with Gasteiger partial charge in [0.1, 0.15) is 0 Å². The van der Waals surface area contributed by atoms with Crippen molar-refractivity contribution in [3.8, 4) is 10.7 Å². The van der Waals surface area contributed by atoms with Crippen molar-refractivity contribution in [3.05, 3.63) is 81.2 Å². The Kier molecular flexibility index (Phi) is 4.07. The molecule has 1 aliphatic rings. The maximum atomic E-state index is 12.7. The summed E-state index contributed by atoms with van der Waals surface area (Å²) >= 11 is 1.59. The Balaban J connectivity index is 1.44. The van der Waals surface area contributed by atoms with Gasteiger partial charge in [0.05, 0.1) is 21.7 Å². The number of hydrogen-bond donors (Lipinski definition) is 1. The molecule has 4 heterocycles. The minimum absolute atomic E-state index is 0.0207. The third-order valence-corrected chi connectivity index (χ3v) is 5.91. The van der Waals surface area contributed by atoms with Crippen LogP contribution in [0.2, 0.25) is 0 Å². The van der Waals surface area contributed by atoms with Crippen molar-refractivity contribution >= 4 is 22.2 Å². The van der Waals surface area contributed by atoms with Crippen LogP contribution >= 0.6 is 11.3 Å². The van der Waals surface area contributed by atoms with Crippen molar-refractivity contribution in [2.75, 3.05) is 6.54 Å². The van der Waals surface area contributed by atoms with Gasteiger partial charge in [-0.1, -0.05) is 24.3 Å². The number of nitrogens with one attached hydrogen (secondary N) is 1. The molecule has 0 aliphatic carbocycles. The number of benzene rings is 1. The fraction of sp³-hybridized carbons (Fsp3) is 0.190. The van der Waals surface area contributed by atoms with E-state index in [-0.39, 0.29) is 5.56 Å². The first-order valence-corrected chi connectivity index (χ1v) is 9.87. The zero-order valence-electron chi connectivity index (χ0n) is 14.7. The molecule has 3 aromatic heterocycles. The fourth-order valence-corrected chi connectivity index (χ4v) is 4.35. The number of fused-ring (bicyclic) bond motifs is 2. The van der Waals surface area contributed by atoms with E-state index in [0.29, 0.717) is 12.4 Å². The second-order valence-corrected chi connectivity index (χ2v) is 7.71. The van der Waals surface area contributed by atoms with Crippen LogP contribution in [0.3, 0.4) is 0 Å². The molecule has 0 radical (unpaired) electrons. The predicted octanol–water partition coefficient (Wildman–Crippen LogP) is 3.60. The van der Waals surface area contributed by atoms with E-state index in [0.717, 1.165) is 41.2 Å². The molecule has 0 amide bonds. The molecule has 134 valence electrons. The monoisotopic (exact) mass is 374 g/mol. The molecule has 0 fully saturated rings. The molecule has 1 aromatic carbocycles. The maximum absolute atomic E-state index is 12.7. The third-order valence-electron chi connectivity index (χ3n) is 5.04. The van der Waals surface area contributed by atoms with Crippen molar-refractivity contribution in [2.45, 2.75) is 19.5 Å². The number of rotatable bonds is 3. The molecule has 0 unspecified atom stereocenters. The van der Waals surface area contributed by atoms with Crippen LogP contribution in [0, 0.1) is 0 Å². The van der Waals surface area contributed by atoms with E-state index in [1.165, 1.54) is 10.9 Å². The number of aromatic nitrogens is 3. The second-order valence-electron chi connectivity index (χ2n) is 6.76. The summed E-state index contributed by atoms with van der Waals surface area (Å²) in [7, 11) is 0. The zero-order valence-corrected chi connectivity index (χ0v) is 15.5. The summed E-state index contributed by atoms with van der Waals surface area (Å²) < 4.78 is 0. The summed E-state index contributed by atoms with van der Waals surface area (Å²) in [6, 6.07) is 14.2. The number of H-pyrrole nitrogens is 1. The summed E-state index contributed by atoms with van der Waals surface area (Å²) in [5, 5.41) is 3.17. The van der Waals surface area contributed by atoms with Gasteiger partial charge >= 0.3 is 0 Å². The van der Waals surface area contributed by atoms with E-state index >= 15 is 0 Å². The normalized spacial score (nSPS) is 14.4. The Morgan fingerprint density at radius 1 is 1.15 bits per heavy atom. The summed E-state index contributed by atoms with van der Waals surface area (Å²) in [5.74, 6) is 0.683. The van der Waals surface area contributed by atoms with Gasteiger partial charge in [-0.15, -0.1) is 11.3 Å². The molecule has 0 saturated heterocycles.